The number of hydrogen-bond donors (Lipinski definition) is 1. The van der Waals surface area contributed by atoms with Crippen LogP contribution in [0, 0.1) is 0 Å². The third-order valence-corrected chi connectivity index (χ3v) is 3.15. The van der Waals surface area contributed by atoms with Gasteiger partial charge in [0.15, 0.2) is 5.82 Å². The highest BCUT2D eigenvalue weighted by atomic mass is 16.2. The molecule has 2 N–H and O–H groups in total. The second-order valence-electron chi connectivity index (χ2n) is 4.44. The Morgan fingerprint density at radius 1 is 1.62 bits per heavy atom. The molecule has 1 aliphatic rings. The second-order valence-corrected chi connectivity index (χ2v) is 4.44. The summed E-state index contributed by atoms with van der Waals surface area (Å²) in [5, 5.41) is 7.80. The minimum Gasteiger partial charge on any atom is -0.332 e. The summed E-state index contributed by atoms with van der Waals surface area (Å²) in [5.74, 6) is 0.816. The molecule has 0 fully saturated rings. The fourth-order valence-electron chi connectivity index (χ4n) is 1.75. The topological polar surface area (TPSA) is 77.0 Å². The molecule has 1 aliphatic heterocycles. The van der Waals surface area contributed by atoms with Gasteiger partial charge in [-0.1, -0.05) is 6.92 Å². The Morgan fingerprint density at radius 2 is 2.38 bits per heavy atom. The van der Waals surface area contributed by atoms with E-state index in [2.05, 4.69) is 10.2 Å². The summed E-state index contributed by atoms with van der Waals surface area (Å²) >= 11 is 0. The summed E-state index contributed by atoms with van der Waals surface area (Å²) in [5.41, 5.74) is 5.18. The van der Waals surface area contributed by atoms with Crippen LogP contribution in [0.25, 0.3) is 0 Å². The van der Waals surface area contributed by atoms with Crippen molar-refractivity contribution >= 4 is 5.91 Å². The van der Waals surface area contributed by atoms with Crippen molar-refractivity contribution in [2.24, 2.45) is 5.73 Å². The summed E-state index contributed by atoms with van der Waals surface area (Å²) in [6.45, 7) is 5.62. The van der Waals surface area contributed by atoms with Gasteiger partial charge in [-0.15, -0.1) is 10.2 Å². The first kappa shape index (κ1) is 11.1. The molecular formula is C10H17N5O. The normalized spacial score (nSPS) is 19.1. The van der Waals surface area contributed by atoms with Gasteiger partial charge < -0.3 is 15.2 Å². The number of amides is 1. The SMILES string of the molecule is CCC(C)(N)C(=O)N1CCn2cnnc2C1. The molecule has 2 heterocycles. The van der Waals surface area contributed by atoms with E-state index >= 15 is 0 Å². The van der Waals surface area contributed by atoms with Crippen molar-refractivity contribution in [2.75, 3.05) is 6.54 Å². The summed E-state index contributed by atoms with van der Waals surface area (Å²) < 4.78 is 1.96. The smallest absolute Gasteiger partial charge is 0.242 e. The summed E-state index contributed by atoms with van der Waals surface area (Å²) in [6, 6.07) is 0. The molecule has 1 aromatic rings. The molecule has 0 bridgehead atoms. The van der Waals surface area contributed by atoms with Gasteiger partial charge in [-0.25, -0.2) is 0 Å². The zero-order valence-corrected chi connectivity index (χ0v) is 9.68. The Hall–Kier alpha value is -1.43. The Bertz CT molecular complexity index is 398. The van der Waals surface area contributed by atoms with Crippen molar-refractivity contribution in [3.8, 4) is 0 Å². The molecule has 0 spiro atoms. The van der Waals surface area contributed by atoms with Crippen molar-refractivity contribution in [3.63, 3.8) is 0 Å². The number of nitrogens with two attached hydrogens (primary N) is 1. The van der Waals surface area contributed by atoms with Crippen molar-refractivity contribution in [1.82, 2.24) is 19.7 Å². The molecule has 1 unspecified atom stereocenters. The van der Waals surface area contributed by atoms with Gasteiger partial charge in [0.05, 0.1) is 12.1 Å². The lowest BCUT2D eigenvalue weighted by molar-refractivity contribution is -0.138. The zero-order chi connectivity index (χ0) is 11.8. The fraction of sp³-hybridized carbons (Fsp3) is 0.700. The first-order valence-corrected chi connectivity index (χ1v) is 5.49. The molecule has 6 heteroatoms. The molecule has 0 aromatic carbocycles. The minimum absolute atomic E-state index is 0.00995. The van der Waals surface area contributed by atoms with Crippen LogP contribution >= 0.6 is 0 Å². The lowest BCUT2D eigenvalue weighted by atomic mass is 9.98. The molecule has 2 rings (SSSR count). The molecule has 0 saturated heterocycles. The van der Waals surface area contributed by atoms with Crippen molar-refractivity contribution in [3.05, 3.63) is 12.2 Å². The molecule has 0 saturated carbocycles. The van der Waals surface area contributed by atoms with E-state index in [0.717, 1.165) is 12.4 Å². The van der Waals surface area contributed by atoms with Gasteiger partial charge in [-0.05, 0) is 13.3 Å². The van der Waals surface area contributed by atoms with Crippen LogP contribution in [-0.4, -0.2) is 37.7 Å². The Morgan fingerprint density at radius 3 is 3.06 bits per heavy atom. The molecule has 0 aliphatic carbocycles. The van der Waals surface area contributed by atoms with Crippen LogP contribution in [0.1, 0.15) is 26.1 Å². The first-order chi connectivity index (χ1) is 7.54. The summed E-state index contributed by atoms with van der Waals surface area (Å²) in [6.07, 6.45) is 2.33. The van der Waals surface area contributed by atoms with E-state index in [0.29, 0.717) is 19.5 Å². The lowest BCUT2D eigenvalue weighted by Gasteiger charge is -2.33. The van der Waals surface area contributed by atoms with Crippen LogP contribution in [0.3, 0.4) is 0 Å². The molecule has 88 valence electrons. The molecule has 1 amide bonds. The lowest BCUT2D eigenvalue weighted by Crippen LogP contribution is -2.54. The predicted octanol–water partition coefficient (Wildman–Crippen LogP) is -0.252. The predicted molar refractivity (Wildman–Crippen MR) is 58.3 cm³/mol. The quantitative estimate of drug-likeness (QED) is 0.750. The van der Waals surface area contributed by atoms with E-state index in [-0.39, 0.29) is 5.91 Å². The number of carbonyl (C=O) groups is 1. The van der Waals surface area contributed by atoms with Gasteiger partial charge in [-0.3, -0.25) is 4.79 Å². The van der Waals surface area contributed by atoms with E-state index in [4.69, 9.17) is 5.73 Å². The van der Waals surface area contributed by atoms with Crippen LogP contribution in [0.5, 0.6) is 0 Å². The third-order valence-electron chi connectivity index (χ3n) is 3.15. The highest BCUT2D eigenvalue weighted by Gasteiger charge is 2.33. The van der Waals surface area contributed by atoms with Crippen molar-refractivity contribution < 1.29 is 4.79 Å². The second kappa shape index (κ2) is 3.86. The van der Waals surface area contributed by atoms with Gasteiger partial charge in [0.25, 0.3) is 0 Å². The molecule has 16 heavy (non-hydrogen) atoms. The Labute approximate surface area is 94.4 Å². The van der Waals surface area contributed by atoms with E-state index in [1.54, 1.807) is 18.2 Å². The number of carbonyl (C=O) groups excluding carboxylic acids is 1. The molecular weight excluding hydrogens is 206 g/mol. The Balaban J connectivity index is 2.12. The van der Waals surface area contributed by atoms with Gasteiger partial charge in [0.1, 0.15) is 6.33 Å². The summed E-state index contributed by atoms with van der Waals surface area (Å²) in [4.78, 5) is 13.9. The number of aromatic nitrogens is 3. The maximum absolute atomic E-state index is 12.1. The number of fused-ring (bicyclic) bond motifs is 1. The van der Waals surface area contributed by atoms with Gasteiger partial charge in [-0.2, -0.15) is 0 Å². The highest BCUT2D eigenvalue weighted by Crippen LogP contribution is 2.15. The van der Waals surface area contributed by atoms with Crippen LogP contribution in [0.2, 0.25) is 0 Å². The monoisotopic (exact) mass is 223 g/mol. The van der Waals surface area contributed by atoms with Crippen molar-refractivity contribution in [2.45, 2.75) is 38.9 Å². The van der Waals surface area contributed by atoms with E-state index < -0.39 is 5.54 Å². The van der Waals surface area contributed by atoms with Crippen LogP contribution in [0.15, 0.2) is 6.33 Å². The highest BCUT2D eigenvalue weighted by molar-refractivity contribution is 5.85. The van der Waals surface area contributed by atoms with Gasteiger partial charge in [0.2, 0.25) is 5.91 Å². The van der Waals surface area contributed by atoms with E-state index in [1.807, 2.05) is 11.5 Å². The Kier molecular flexibility index (Phi) is 2.67. The van der Waals surface area contributed by atoms with Gasteiger partial charge >= 0.3 is 0 Å². The third kappa shape index (κ3) is 1.80. The number of hydrogen-bond acceptors (Lipinski definition) is 4. The average molecular weight is 223 g/mol. The molecule has 1 atom stereocenters. The van der Waals surface area contributed by atoms with E-state index in [1.165, 1.54) is 0 Å². The molecule has 1 aromatic heterocycles. The fourth-order valence-corrected chi connectivity index (χ4v) is 1.75. The first-order valence-electron chi connectivity index (χ1n) is 5.49. The maximum Gasteiger partial charge on any atom is 0.242 e. The zero-order valence-electron chi connectivity index (χ0n) is 9.68. The van der Waals surface area contributed by atoms with E-state index in [9.17, 15) is 4.79 Å². The maximum atomic E-state index is 12.1. The van der Waals surface area contributed by atoms with Gasteiger partial charge in [0, 0.05) is 13.1 Å². The largest absolute Gasteiger partial charge is 0.332 e. The van der Waals surface area contributed by atoms with Crippen LogP contribution < -0.4 is 5.73 Å². The minimum atomic E-state index is -0.776. The number of rotatable bonds is 2. The summed E-state index contributed by atoms with van der Waals surface area (Å²) in [7, 11) is 0. The average Bonchev–Trinajstić information content (AvgIpc) is 2.74. The van der Waals surface area contributed by atoms with Crippen LogP contribution in [-0.2, 0) is 17.9 Å². The number of nitrogens with zero attached hydrogens (tertiary/aromatic N) is 4. The van der Waals surface area contributed by atoms with Crippen molar-refractivity contribution in [1.29, 1.82) is 0 Å². The standard InChI is InChI=1S/C10H17N5O/c1-3-10(2,11)9(16)14-4-5-15-7-12-13-8(15)6-14/h7H,3-6,11H2,1-2H3. The van der Waals surface area contributed by atoms with Crippen LogP contribution in [0.4, 0.5) is 0 Å². The molecule has 0 radical (unpaired) electrons. The molecule has 6 nitrogen and oxygen atoms in total.